The molecule has 0 saturated carbocycles. The molecule has 1 aromatic heterocycles. The highest BCUT2D eigenvalue weighted by atomic mass is 16.6. The van der Waals surface area contributed by atoms with Crippen LogP contribution in [0.5, 0.6) is 0 Å². The number of nitrogens with one attached hydrogen (secondary N) is 3. The first-order valence-corrected chi connectivity index (χ1v) is 10.2. The summed E-state index contributed by atoms with van der Waals surface area (Å²) in [5.41, 5.74) is 2.70. The quantitative estimate of drug-likeness (QED) is 0.258. The molecule has 2 atom stereocenters. The molecule has 2 unspecified atom stereocenters. The topological polar surface area (TPSA) is 113 Å². The second kappa shape index (κ2) is 9.87. The average molecular weight is 409 g/mol. The molecule has 0 aliphatic rings. The van der Waals surface area contributed by atoms with Gasteiger partial charge in [0.15, 0.2) is 0 Å². The Kier molecular flexibility index (Phi) is 7.00. The number of benzene rings is 2. The maximum absolute atomic E-state index is 12.5. The number of para-hydroxylation sites is 2. The van der Waals surface area contributed by atoms with Crippen molar-refractivity contribution in [1.82, 2.24) is 15.3 Å². The van der Waals surface area contributed by atoms with Gasteiger partial charge in [-0.3, -0.25) is 14.9 Å². The first-order chi connectivity index (χ1) is 14.5. The zero-order valence-electron chi connectivity index (χ0n) is 17.2. The van der Waals surface area contributed by atoms with Crippen LogP contribution in [0.2, 0.25) is 0 Å². The average Bonchev–Trinajstić information content (AvgIpc) is 3.18. The zero-order chi connectivity index (χ0) is 21.5. The summed E-state index contributed by atoms with van der Waals surface area (Å²) in [5, 5.41) is 17.0. The summed E-state index contributed by atoms with van der Waals surface area (Å²) in [4.78, 5) is 30.8. The summed E-state index contributed by atoms with van der Waals surface area (Å²) in [5.74, 6) is 1.00. The Labute approximate surface area is 175 Å². The monoisotopic (exact) mass is 409 g/mol. The van der Waals surface area contributed by atoms with Crippen LogP contribution in [-0.4, -0.2) is 27.3 Å². The Morgan fingerprint density at radius 1 is 1.20 bits per heavy atom. The normalized spacial score (nSPS) is 13.0. The summed E-state index contributed by atoms with van der Waals surface area (Å²) in [6.07, 6.45) is 1.95. The van der Waals surface area contributed by atoms with Crippen LogP contribution in [0.1, 0.15) is 45.0 Å². The Bertz CT molecular complexity index is 966. The van der Waals surface area contributed by atoms with Crippen LogP contribution in [-0.2, 0) is 4.79 Å². The molecule has 3 N–H and O–H groups in total. The summed E-state index contributed by atoms with van der Waals surface area (Å²) < 4.78 is 0. The number of nitrogens with zero attached hydrogens (tertiary/aromatic N) is 2. The van der Waals surface area contributed by atoms with Crippen LogP contribution < -0.4 is 10.6 Å². The van der Waals surface area contributed by atoms with Crippen molar-refractivity contribution in [2.75, 3.05) is 11.9 Å². The number of anilines is 1. The number of rotatable bonds is 10. The second-order valence-electron chi connectivity index (χ2n) is 7.40. The number of non-ortho nitro benzene ring substituents is 1. The third-order valence-electron chi connectivity index (χ3n) is 5.22. The molecule has 3 rings (SSSR count). The molecule has 8 nitrogen and oxygen atoms in total. The van der Waals surface area contributed by atoms with Gasteiger partial charge < -0.3 is 15.6 Å². The lowest BCUT2D eigenvalue weighted by atomic mass is 9.98. The summed E-state index contributed by atoms with van der Waals surface area (Å²) in [6.45, 7) is 4.80. The van der Waals surface area contributed by atoms with Crippen molar-refractivity contribution in [2.45, 2.75) is 39.2 Å². The number of carbonyl (C=O) groups is 1. The van der Waals surface area contributed by atoms with E-state index in [2.05, 4.69) is 34.4 Å². The lowest BCUT2D eigenvalue weighted by Crippen LogP contribution is -2.33. The zero-order valence-corrected chi connectivity index (χ0v) is 17.2. The van der Waals surface area contributed by atoms with E-state index in [1.54, 1.807) is 12.1 Å². The molecule has 0 aliphatic heterocycles. The van der Waals surface area contributed by atoms with Crippen molar-refractivity contribution in [3.63, 3.8) is 0 Å². The van der Waals surface area contributed by atoms with Crippen LogP contribution in [0.4, 0.5) is 11.4 Å². The number of imidazole rings is 1. The van der Waals surface area contributed by atoms with Gasteiger partial charge >= 0.3 is 0 Å². The molecule has 0 fully saturated rings. The van der Waals surface area contributed by atoms with Gasteiger partial charge in [0.25, 0.3) is 5.69 Å². The summed E-state index contributed by atoms with van der Waals surface area (Å²) in [7, 11) is 0. The largest absolute Gasteiger partial charge is 0.385 e. The minimum absolute atomic E-state index is 0.0220. The standard InChI is InChI=1S/C22H27N5O3/c1-3-15(2)21(22-24-18-7-4-5-8-19(18)25-22)26-20(28)9-6-14-23-16-10-12-17(13-11-16)27(29)30/h4-5,7-8,10-13,15,21,23H,3,6,9,14H2,1-2H3,(H,24,25)(H,26,28). The number of fused-ring (bicyclic) bond motifs is 1. The molecule has 0 spiro atoms. The van der Waals surface area contributed by atoms with Gasteiger partial charge in [0.1, 0.15) is 5.82 Å². The van der Waals surface area contributed by atoms with E-state index in [1.165, 1.54) is 12.1 Å². The van der Waals surface area contributed by atoms with E-state index in [4.69, 9.17) is 0 Å². The van der Waals surface area contributed by atoms with Gasteiger partial charge in [-0.1, -0.05) is 32.4 Å². The third-order valence-corrected chi connectivity index (χ3v) is 5.22. The molecule has 0 radical (unpaired) electrons. The van der Waals surface area contributed by atoms with Crippen LogP contribution in [0.15, 0.2) is 48.5 Å². The Morgan fingerprint density at radius 3 is 2.60 bits per heavy atom. The van der Waals surface area contributed by atoms with E-state index in [-0.39, 0.29) is 23.6 Å². The van der Waals surface area contributed by atoms with Crippen LogP contribution in [0.25, 0.3) is 11.0 Å². The Hall–Kier alpha value is -3.42. The summed E-state index contributed by atoms with van der Waals surface area (Å²) in [6, 6.07) is 13.9. The van der Waals surface area contributed by atoms with Crippen LogP contribution >= 0.6 is 0 Å². The van der Waals surface area contributed by atoms with Gasteiger partial charge in [0.2, 0.25) is 5.91 Å². The predicted molar refractivity (Wildman–Crippen MR) is 117 cm³/mol. The number of aromatic amines is 1. The van der Waals surface area contributed by atoms with Gasteiger partial charge in [-0.2, -0.15) is 0 Å². The highest BCUT2D eigenvalue weighted by Gasteiger charge is 2.23. The lowest BCUT2D eigenvalue weighted by molar-refractivity contribution is -0.384. The Morgan fingerprint density at radius 2 is 1.93 bits per heavy atom. The number of hydrogen-bond donors (Lipinski definition) is 3. The molecule has 8 heteroatoms. The molecular weight excluding hydrogens is 382 g/mol. The SMILES string of the molecule is CCC(C)C(NC(=O)CCCNc1ccc([N+](=O)[O-])cc1)c1nc2ccccc2[nH]1. The van der Waals surface area contributed by atoms with Gasteiger partial charge in [0.05, 0.1) is 22.0 Å². The minimum Gasteiger partial charge on any atom is -0.385 e. The maximum Gasteiger partial charge on any atom is 0.269 e. The number of nitro benzene ring substituents is 1. The first kappa shape index (κ1) is 21.3. The van der Waals surface area contributed by atoms with E-state index in [0.29, 0.717) is 19.4 Å². The van der Waals surface area contributed by atoms with E-state index in [1.807, 2.05) is 24.3 Å². The number of H-pyrrole nitrogens is 1. The van der Waals surface area contributed by atoms with E-state index in [9.17, 15) is 14.9 Å². The van der Waals surface area contributed by atoms with Gasteiger partial charge in [-0.15, -0.1) is 0 Å². The van der Waals surface area contributed by atoms with Crippen molar-refractivity contribution >= 4 is 28.3 Å². The van der Waals surface area contributed by atoms with Gasteiger partial charge in [0, 0.05) is 30.8 Å². The molecule has 0 bridgehead atoms. The van der Waals surface area contributed by atoms with Crippen molar-refractivity contribution in [2.24, 2.45) is 5.92 Å². The first-order valence-electron chi connectivity index (χ1n) is 10.2. The van der Waals surface area contributed by atoms with Crippen molar-refractivity contribution in [1.29, 1.82) is 0 Å². The molecule has 30 heavy (non-hydrogen) atoms. The molecule has 2 aromatic carbocycles. The van der Waals surface area contributed by atoms with Crippen LogP contribution in [0.3, 0.4) is 0 Å². The molecular formula is C22H27N5O3. The number of nitro groups is 1. The summed E-state index contributed by atoms with van der Waals surface area (Å²) >= 11 is 0. The molecule has 158 valence electrons. The van der Waals surface area contributed by atoms with E-state index in [0.717, 1.165) is 29.0 Å². The lowest BCUT2D eigenvalue weighted by Gasteiger charge is -2.22. The maximum atomic E-state index is 12.5. The number of hydrogen-bond acceptors (Lipinski definition) is 5. The highest BCUT2D eigenvalue weighted by molar-refractivity contribution is 5.77. The molecule has 1 heterocycles. The molecule has 3 aromatic rings. The smallest absolute Gasteiger partial charge is 0.269 e. The van der Waals surface area contributed by atoms with E-state index >= 15 is 0 Å². The number of amides is 1. The molecule has 0 aliphatic carbocycles. The van der Waals surface area contributed by atoms with Crippen molar-refractivity contribution in [3.8, 4) is 0 Å². The fourth-order valence-corrected chi connectivity index (χ4v) is 3.26. The molecule has 0 saturated heterocycles. The third kappa shape index (κ3) is 5.34. The van der Waals surface area contributed by atoms with Crippen LogP contribution in [0, 0.1) is 16.0 Å². The number of carbonyl (C=O) groups excluding carboxylic acids is 1. The fourth-order valence-electron chi connectivity index (χ4n) is 3.26. The molecule has 1 amide bonds. The van der Waals surface area contributed by atoms with Gasteiger partial charge in [-0.25, -0.2) is 4.98 Å². The van der Waals surface area contributed by atoms with E-state index < -0.39 is 4.92 Å². The second-order valence-corrected chi connectivity index (χ2v) is 7.40. The number of aromatic nitrogens is 2. The fraction of sp³-hybridized carbons (Fsp3) is 0.364. The van der Waals surface area contributed by atoms with Gasteiger partial charge in [-0.05, 0) is 36.6 Å². The minimum atomic E-state index is -0.427. The predicted octanol–water partition coefficient (Wildman–Crippen LogP) is 4.57. The highest BCUT2D eigenvalue weighted by Crippen LogP contribution is 2.24. The van der Waals surface area contributed by atoms with Crippen molar-refractivity contribution < 1.29 is 9.72 Å². The Balaban J connectivity index is 1.52. The van der Waals surface area contributed by atoms with Crippen molar-refractivity contribution in [3.05, 3.63) is 64.5 Å².